The number of methoxy groups -OCH3 is 1. The first kappa shape index (κ1) is 14.0. The summed E-state index contributed by atoms with van der Waals surface area (Å²) in [5, 5.41) is 3.19. The molecule has 2 aromatic rings. The smallest absolute Gasteiger partial charge is 0.132 e. The van der Waals surface area contributed by atoms with Gasteiger partial charge in [0.25, 0.3) is 0 Å². The van der Waals surface area contributed by atoms with Crippen LogP contribution < -0.4 is 10.1 Å². The Balaban J connectivity index is 2.57. The molecule has 0 bridgehead atoms. The maximum absolute atomic E-state index is 14.2. The van der Waals surface area contributed by atoms with Gasteiger partial charge in [-0.1, -0.05) is 6.07 Å². The van der Waals surface area contributed by atoms with E-state index < -0.39 is 0 Å². The second kappa shape index (κ2) is 5.72. The van der Waals surface area contributed by atoms with E-state index >= 15 is 0 Å². The van der Waals surface area contributed by atoms with Crippen molar-refractivity contribution in [2.75, 3.05) is 14.2 Å². The van der Waals surface area contributed by atoms with Crippen molar-refractivity contribution in [3.8, 4) is 5.75 Å². The number of hydrogen-bond donors (Lipinski definition) is 1. The van der Waals surface area contributed by atoms with Gasteiger partial charge in [0.15, 0.2) is 0 Å². The minimum Gasteiger partial charge on any atom is -0.496 e. The van der Waals surface area contributed by atoms with E-state index in [9.17, 15) is 4.39 Å². The SMILES string of the molecule is CNC(c1sc(C)cc1C)c1c(F)cccc1OC. The van der Waals surface area contributed by atoms with Crippen LogP contribution in [0.25, 0.3) is 0 Å². The highest BCUT2D eigenvalue weighted by molar-refractivity contribution is 7.12. The summed E-state index contributed by atoms with van der Waals surface area (Å²) in [4.78, 5) is 2.35. The Morgan fingerprint density at radius 2 is 2.05 bits per heavy atom. The highest BCUT2D eigenvalue weighted by Crippen LogP contribution is 2.37. The lowest BCUT2D eigenvalue weighted by Gasteiger charge is -2.20. The Morgan fingerprint density at radius 3 is 2.58 bits per heavy atom. The maximum atomic E-state index is 14.2. The van der Waals surface area contributed by atoms with Crippen LogP contribution in [-0.4, -0.2) is 14.2 Å². The molecular formula is C15H18FNOS. The molecule has 2 rings (SSSR count). The van der Waals surface area contributed by atoms with Crippen LogP contribution in [-0.2, 0) is 0 Å². The van der Waals surface area contributed by atoms with Gasteiger partial charge >= 0.3 is 0 Å². The zero-order chi connectivity index (χ0) is 14.0. The molecule has 0 spiro atoms. The zero-order valence-electron chi connectivity index (χ0n) is 11.6. The van der Waals surface area contributed by atoms with Crippen LogP contribution in [0.5, 0.6) is 5.75 Å². The van der Waals surface area contributed by atoms with E-state index in [-0.39, 0.29) is 11.9 Å². The Morgan fingerprint density at radius 1 is 1.32 bits per heavy atom. The third-order valence-electron chi connectivity index (χ3n) is 3.15. The van der Waals surface area contributed by atoms with E-state index in [0.29, 0.717) is 11.3 Å². The summed E-state index contributed by atoms with van der Waals surface area (Å²) < 4.78 is 19.5. The molecule has 0 amide bonds. The summed E-state index contributed by atoms with van der Waals surface area (Å²) in [6.07, 6.45) is 0. The van der Waals surface area contributed by atoms with Gasteiger partial charge in [0, 0.05) is 9.75 Å². The zero-order valence-corrected chi connectivity index (χ0v) is 12.4. The lowest BCUT2D eigenvalue weighted by molar-refractivity contribution is 0.399. The number of halogens is 1. The second-order valence-corrected chi connectivity index (χ2v) is 5.77. The molecule has 0 aliphatic carbocycles. The molecule has 0 saturated carbocycles. The predicted octanol–water partition coefficient (Wildman–Crippen LogP) is 3.82. The fourth-order valence-electron chi connectivity index (χ4n) is 2.33. The van der Waals surface area contributed by atoms with Crippen LogP contribution in [0.2, 0.25) is 0 Å². The van der Waals surface area contributed by atoms with Crippen LogP contribution in [0.3, 0.4) is 0 Å². The highest BCUT2D eigenvalue weighted by Gasteiger charge is 2.23. The summed E-state index contributed by atoms with van der Waals surface area (Å²) in [6, 6.07) is 6.86. The Bertz CT molecular complexity index is 580. The molecule has 1 heterocycles. The summed E-state index contributed by atoms with van der Waals surface area (Å²) in [5.74, 6) is 0.328. The number of thiophene rings is 1. The lowest BCUT2D eigenvalue weighted by Crippen LogP contribution is -2.19. The molecule has 1 aromatic heterocycles. The second-order valence-electron chi connectivity index (χ2n) is 4.48. The van der Waals surface area contributed by atoms with Crippen molar-refractivity contribution < 1.29 is 9.13 Å². The number of ether oxygens (including phenoxy) is 1. The Hall–Kier alpha value is -1.39. The molecule has 19 heavy (non-hydrogen) atoms. The summed E-state index contributed by atoms with van der Waals surface area (Å²) in [6.45, 7) is 4.11. The van der Waals surface area contributed by atoms with Gasteiger partial charge in [-0.05, 0) is 44.7 Å². The highest BCUT2D eigenvalue weighted by atomic mass is 32.1. The van der Waals surface area contributed by atoms with Crippen molar-refractivity contribution in [2.45, 2.75) is 19.9 Å². The van der Waals surface area contributed by atoms with Crippen LogP contribution >= 0.6 is 11.3 Å². The lowest BCUT2D eigenvalue weighted by atomic mass is 10.0. The minimum absolute atomic E-state index is 0.185. The third-order valence-corrected chi connectivity index (χ3v) is 4.37. The van der Waals surface area contributed by atoms with Crippen molar-refractivity contribution in [2.24, 2.45) is 0 Å². The van der Waals surface area contributed by atoms with Crippen LogP contribution in [0.15, 0.2) is 24.3 Å². The van der Waals surface area contributed by atoms with Gasteiger partial charge in [-0.2, -0.15) is 0 Å². The average Bonchev–Trinajstić information content (AvgIpc) is 2.71. The van der Waals surface area contributed by atoms with Gasteiger partial charge in [-0.25, -0.2) is 4.39 Å². The van der Waals surface area contributed by atoms with Gasteiger partial charge in [-0.3, -0.25) is 0 Å². The van der Waals surface area contributed by atoms with E-state index in [1.165, 1.54) is 16.5 Å². The van der Waals surface area contributed by atoms with Crippen LogP contribution in [0, 0.1) is 19.7 Å². The van der Waals surface area contributed by atoms with Crippen LogP contribution in [0.1, 0.15) is 26.9 Å². The van der Waals surface area contributed by atoms with Gasteiger partial charge in [0.1, 0.15) is 11.6 Å². The normalized spacial score (nSPS) is 12.5. The van der Waals surface area contributed by atoms with Crippen molar-refractivity contribution in [3.05, 3.63) is 51.0 Å². The molecule has 1 aromatic carbocycles. The number of aryl methyl sites for hydroxylation is 2. The number of nitrogens with one attached hydrogen (secondary N) is 1. The van der Waals surface area contributed by atoms with Crippen molar-refractivity contribution >= 4 is 11.3 Å². The molecule has 1 atom stereocenters. The topological polar surface area (TPSA) is 21.3 Å². The number of rotatable bonds is 4. The molecule has 2 nitrogen and oxygen atoms in total. The molecule has 0 aliphatic rings. The first-order chi connectivity index (χ1) is 9.08. The Labute approximate surface area is 117 Å². The summed E-state index contributed by atoms with van der Waals surface area (Å²) >= 11 is 1.69. The first-order valence-electron chi connectivity index (χ1n) is 6.15. The average molecular weight is 279 g/mol. The van der Waals surface area contributed by atoms with Gasteiger partial charge in [0.05, 0.1) is 18.7 Å². The first-order valence-corrected chi connectivity index (χ1v) is 6.96. The number of hydrogen-bond acceptors (Lipinski definition) is 3. The van der Waals surface area contributed by atoms with Crippen LogP contribution in [0.4, 0.5) is 4.39 Å². The molecule has 0 fully saturated rings. The predicted molar refractivity (Wildman–Crippen MR) is 77.6 cm³/mol. The molecule has 1 unspecified atom stereocenters. The Kier molecular flexibility index (Phi) is 4.22. The van der Waals surface area contributed by atoms with Gasteiger partial charge in [0.2, 0.25) is 0 Å². The van der Waals surface area contributed by atoms with Crippen molar-refractivity contribution in [1.82, 2.24) is 5.32 Å². The van der Waals surface area contributed by atoms with E-state index in [1.54, 1.807) is 30.6 Å². The van der Waals surface area contributed by atoms with E-state index in [4.69, 9.17) is 4.74 Å². The molecule has 0 saturated heterocycles. The maximum Gasteiger partial charge on any atom is 0.132 e. The number of benzene rings is 1. The van der Waals surface area contributed by atoms with Crippen molar-refractivity contribution in [1.29, 1.82) is 0 Å². The monoisotopic (exact) mass is 279 g/mol. The quantitative estimate of drug-likeness (QED) is 0.918. The van der Waals surface area contributed by atoms with Gasteiger partial charge in [-0.15, -0.1) is 11.3 Å². The standard InChI is InChI=1S/C15H18FNOS/c1-9-8-10(2)19-15(9)14(17-3)13-11(16)6-5-7-12(13)18-4/h5-8,14,17H,1-4H3. The molecule has 0 radical (unpaired) electrons. The summed E-state index contributed by atoms with van der Waals surface area (Å²) in [7, 11) is 3.41. The third kappa shape index (κ3) is 2.65. The molecule has 0 aliphatic heterocycles. The van der Waals surface area contributed by atoms with Crippen molar-refractivity contribution in [3.63, 3.8) is 0 Å². The molecule has 102 valence electrons. The van der Waals surface area contributed by atoms with E-state index in [2.05, 4.69) is 25.2 Å². The molecule has 1 N–H and O–H groups in total. The largest absolute Gasteiger partial charge is 0.496 e. The van der Waals surface area contributed by atoms with Gasteiger partial charge < -0.3 is 10.1 Å². The summed E-state index contributed by atoms with van der Waals surface area (Å²) in [5.41, 5.74) is 1.74. The fourth-order valence-corrected chi connectivity index (χ4v) is 3.48. The fraction of sp³-hybridized carbons (Fsp3) is 0.333. The molecule has 4 heteroatoms. The minimum atomic E-state index is -0.246. The van der Waals surface area contributed by atoms with E-state index in [0.717, 1.165) is 4.88 Å². The van der Waals surface area contributed by atoms with E-state index in [1.807, 2.05) is 7.05 Å². The molecular weight excluding hydrogens is 261 g/mol.